The van der Waals surface area contributed by atoms with E-state index in [1.165, 1.54) is 7.11 Å². The van der Waals surface area contributed by atoms with Gasteiger partial charge in [0.1, 0.15) is 11.8 Å². The maximum absolute atomic E-state index is 13.1. The highest BCUT2D eigenvalue weighted by Gasteiger charge is 2.46. The van der Waals surface area contributed by atoms with E-state index in [0.29, 0.717) is 31.6 Å². The SMILES string of the molecule is COc1c(N2CCC(=O)CC2)ccc2c1C(=O)N(C1CCC(=O)NC1=O)C2=O. The van der Waals surface area contributed by atoms with Crippen molar-refractivity contribution in [1.82, 2.24) is 10.2 Å². The topological polar surface area (TPSA) is 113 Å². The van der Waals surface area contributed by atoms with Crippen LogP contribution in [0.15, 0.2) is 12.1 Å². The van der Waals surface area contributed by atoms with Crippen LogP contribution in [0.3, 0.4) is 0 Å². The summed E-state index contributed by atoms with van der Waals surface area (Å²) in [5, 5.41) is 2.17. The minimum absolute atomic E-state index is 0.0635. The molecule has 3 aliphatic heterocycles. The largest absolute Gasteiger partial charge is 0.494 e. The number of ether oxygens (including phenoxy) is 1. The highest BCUT2D eigenvalue weighted by Crippen LogP contribution is 2.40. The summed E-state index contributed by atoms with van der Waals surface area (Å²) < 4.78 is 5.49. The van der Waals surface area contributed by atoms with Crippen LogP contribution in [0, 0.1) is 0 Å². The number of hydrogen-bond acceptors (Lipinski definition) is 7. The minimum atomic E-state index is -1.02. The second-order valence-electron chi connectivity index (χ2n) is 7.01. The Kier molecular flexibility index (Phi) is 4.37. The smallest absolute Gasteiger partial charge is 0.266 e. The molecule has 0 bridgehead atoms. The first-order chi connectivity index (χ1) is 13.4. The zero-order chi connectivity index (χ0) is 20.0. The zero-order valence-corrected chi connectivity index (χ0v) is 15.3. The van der Waals surface area contributed by atoms with Crippen LogP contribution in [0.5, 0.6) is 5.75 Å². The average molecular weight is 385 g/mol. The van der Waals surface area contributed by atoms with Gasteiger partial charge in [-0.3, -0.25) is 34.2 Å². The van der Waals surface area contributed by atoms with E-state index in [4.69, 9.17) is 4.74 Å². The maximum atomic E-state index is 13.1. The Hall–Kier alpha value is -3.23. The van der Waals surface area contributed by atoms with Gasteiger partial charge in [-0.1, -0.05) is 0 Å². The number of carbonyl (C=O) groups excluding carboxylic acids is 5. The highest BCUT2D eigenvalue weighted by molar-refractivity contribution is 6.25. The van der Waals surface area contributed by atoms with Crippen molar-refractivity contribution >= 4 is 35.1 Å². The fourth-order valence-electron chi connectivity index (χ4n) is 3.97. The highest BCUT2D eigenvalue weighted by atomic mass is 16.5. The fourth-order valence-corrected chi connectivity index (χ4v) is 3.97. The molecular formula is C19H19N3O6. The average Bonchev–Trinajstić information content (AvgIpc) is 2.93. The van der Waals surface area contributed by atoms with E-state index in [-0.39, 0.29) is 35.5 Å². The molecule has 4 rings (SSSR count). The normalized spacial score (nSPS) is 22.5. The van der Waals surface area contributed by atoms with Crippen LogP contribution in [0.2, 0.25) is 0 Å². The molecule has 3 aliphatic rings. The number of fused-ring (bicyclic) bond motifs is 1. The first-order valence-electron chi connectivity index (χ1n) is 9.11. The van der Waals surface area contributed by atoms with Gasteiger partial charge in [0.05, 0.1) is 23.9 Å². The van der Waals surface area contributed by atoms with E-state index in [0.717, 1.165) is 4.90 Å². The van der Waals surface area contributed by atoms with E-state index in [1.807, 2.05) is 4.90 Å². The first kappa shape index (κ1) is 18.1. The quantitative estimate of drug-likeness (QED) is 0.743. The number of benzene rings is 1. The van der Waals surface area contributed by atoms with Crippen LogP contribution >= 0.6 is 0 Å². The van der Waals surface area contributed by atoms with E-state index >= 15 is 0 Å². The van der Waals surface area contributed by atoms with Gasteiger partial charge in [-0.05, 0) is 18.6 Å². The third-order valence-electron chi connectivity index (χ3n) is 5.41. The summed E-state index contributed by atoms with van der Waals surface area (Å²) in [4.78, 5) is 63.9. The Labute approximate surface area is 160 Å². The minimum Gasteiger partial charge on any atom is -0.494 e. The predicted molar refractivity (Wildman–Crippen MR) is 96.1 cm³/mol. The van der Waals surface area contributed by atoms with Crippen LogP contribution in [0.1, 0.15) is 46.4 Å². The lowest BCUT2D eigenvalue weighted by Gasteiger charge is -2.30. The number of nitrogens with one attached hydrogen (secondary N) is 1. The van der Waals surface area contributed by atoms with Gasteiger partial charge in [-0.25, -0.2) is 0 Å². The Morgan fingerprint density at radius 3 is 2.36 bits per heavy atom. The Morgan fingerprint density at radius 1 is 1.00 bits per heavy atom. The molecule has 9 nitrogen and oxygen atoms in total. The predicted octanol–water partition coefficient (Wildman–Crippen LogP) is 0.266. The van der Waals surface area contributed by atoms with Gasteiger partial charge in [-0.2, -0.15) is 0 Å². The molecule has 1 atom stereocenters. The molecule has 0 aliphatic carbocycles. The van der Waals surface area contributed by atoms with E-state index in [9.17, 15) is 24.0 Å². The Morgan fingerprint density at radius 2 is 1.71 bits per heavy atom. The lowest BCUT2D eigenvalue weighted by atomic mass is 10.0. The van der Waals surface area contributed by atoms with E-state index < -0.39 is 29.7 Å². The van der Waals surface area contributed by atoms with Gasteiger partial charge >= 0.3 is 0 Å². The van der Waals surface area contributed by atoms with Gasteiger partial charge in [0.15, 0.2) is 5.75 Å². The Bertz CT molecular complexity index is 914. The molecule has 0 radical (unpaired) electrons. The number of rotatable bonds is 3. The third kappa shape index (κ3) is 2.74. The molecule has 28 heavy (non-hydrogen) atoms. The lowest BCUT2D eigenvalue weighted by molar-refractivity contribution is -0.136. The van der Waals surface area contributed by atoms with Crippen molar-refractivity contribution in [3.63, 3.8) is 0 Å². The van der Waals surface area contributed by atoms with Crippen molar-refractivity contribution in [2.45, 2.75) is 31.7 Å². The molecule has 9 heteroatoms. The summed E-state index contributed by atoms with van der Waals surface area (Å²) in [6.07, 6.45) is 0.985. The van der Waals surface area contributed by atoms with Gasteiger partial charge in [0, 0.05) is 32.4 Å². The number of imide groups is 2. The molecule has 1 N–H and O–H groups in total. The van der Waals surface area contributed by atoms with Gasteiger partial charge in [-0.15, -0.1) is 0 Å². The molecule has 1 aromatic rings. The number of Topliss-reactive ketones (excluding diaryl/α,β-unsaturated/α-hetero) is 1. The van der Waals surface area contributed by atoms with E-state index in [1.54, 1.807) is 12.1 Å². The van der Waals surface area contributed by atoms with Crippen molar-refractivity contribution in [2.75, 3.05) is 25.1 Å². The van der Waals surface area contributed by atoms with E-state index in [2.05, 4.69) is 5.32 Å². The number of ketones is 1. The molecule has 0 aromatic heterocycles. The van der Waals surface area contributed by atoms with Crippen molar-refractivity contribution in [1.29, 1.82) is 0 Å². The van der Waals surface area contributed by atoms with Crippen LogP contribution in [-0.4, -0.2) is 60.6 Å². The number of anilines is 1. The summed E-state index contributed by atoms with van der Waals surface area (Å²) in [6, 6.07) is 2.23. The summed E-state index contributed by atoms with van der Waals surface area (Å²) >= 11 is 0. The zero-order valence-electron chi connectivity index (χ0n) is 15.3. The van der Waals surface area contributed by atoms with Gasteiger partial charge in [0.25, 0.3) is 11.8 Å². The number of carbonyl (C=O) groups is 5. The molecular weight excluding hydrogens is 366 g/mol. The molecule has 2 saturated heterocycles. The third-order valence-corrected chi connectivity index (χ3v) is 5.41. The number of hydrogen-bond donors (Lipinski definition) is 1. The number of nitrogens with zero attached hydrogens (tertiary/aromatic N) is 2. The monoisotopic (exact) mass is 385 g/mol. The maximum Gasteiger partial charge on any atom is 0.266 e. The summed E-state index contributed by atoms with van der Waals surface area (Å²) in [5.41, 5.74) is 0.926. The molecule has 2 fully saturated rings. The first-order valence-corrected chi connectivity index (χ1v) is 9.11. The molecule has 1 aromatic carbocycles. The second kappa shape index (κ2) is 6.74. The molecule has 0 spiro atoms. The van der Waals surface area contributed by atoms with Crippen molar-refractivity contribution in [3.8, 4) is 5.75 Å². The van der Waals surface area contributed by atoms with Crippen molar-refractivity contribution < 1.29 is 28.7 Å². The van der Waals surface area contributed by atoms with Crippen molar-refractivity contribution in [3.05, 3.63) is 23.3 Å². The molecule has 0 saturated carbocycles. The van der Waals surface area contributed by atoms with Crippen LogP contribution in [0.4, 0.5) is 5.69 Å². The summed E-state index contributed by atoms with van der Waals surface area (Å²) in [6.45, 7) is 1.01. The molecule has 3 heterocycles. The molecule has 146 valence electrons. The van der Waals surface area contributed by atoms with Crippen LogP contribution in [-0.2, 0) is 14.4 Å². The summed E-state index contributed by atoms with van der Waals surface area (Å²) in [7, 11) is 1.42. The number of methoxy groups -OCH3 is 1. The molecule has 1 unspecified atom stereocenters. The van der Waals surface area contributed by atoms with Gasteiger partial charge < -0.3 is 9.64 Å². The van der Waals surface area contributed by atoms with Crippen LogP contribution < -0.4 is 15.0 Å². The second-order valence-corrected chi connectivity index (χ2v) is 7.01. The van der Waals surface area contributed by atoms with Crippen LogP contribution in [0.25, 0.3) is 0 Å². The Balaban J connectivity index is 1.71. The number of amides is 4. The van der Waals surface area contributed by atoms with Crippen molar-refractivity contribution in [2.24, 2.45) is 0 Å². The fraction of sp³-hybridized carbons (Fsp3) is 0.421. The standard InChI is InChI=1S/C19H19N3O6/c1-28-16-12(21-8-6-10(23)7-9-21)3-2-11-15(16)19(27)22(18(11)26)13-4-5-14(24)20-17(13)25/h2-3,13H,4-9H2,1H3,(H,20,24,25). The van der Waals surface area contributed by atoms with Gasteiger partial charge in [0.2, 0.25) is 11.8 Å². The molecule has 4 amide bonds. The number of piperidine rings is 2. The summed E-state index contributed by atoms with van der Waals surface area (Å²) in [5.74, 6) is -1.81. The lowest BCUT2D eigenvalue weighted by Crippen LogP contribution is -2.54.